The van der Waals surface area contributed by atoms with Crippen molar-refractivity contribution in [1.82, 2.24) is 5.43 Å². The van der Waals surface area contributed by atoms with Crippen LogP contribution in [0, 0.1) is 0 Å². The monoisotopic (exact) mass is 423 g/mol. The van der Waals surface area contributed by atoms with Crippen molar-refractivity contribution in [3.05, 3.63) is 52.5 Å². The predicted molar refractivity (Wildman–Crippen MR) is 109 cm³/mol. The molecule has 0 aliphatic heterocycles. The predicted octanol–water partition coefficient (Wildman–Crippen LogP) is 3.90. The zero-order valence-corrected chi connectivity index (χ0v) is 16.8. The van der Waals surface area contributed by atoms with E-state index < -0.39 is 5.91 Å². The maximum absolute atomic E-state index is 12.0. The van der Waals surface area contributed by atoms with E-state index in [0.29, 0.717) is 32.9 Å². The molecule has 0 spiro atoms. The van der Waals surface area contributed by atoms with Crippen LogP contribution in [0.1, 0.15) is 13.3 Å². The van der Waals surface area contributed by atoms with Gasteiger partial charge in [-0.3, -0.25) is 9.59 Å². The van der Waals surface area contributed by atoms with Crippen LogP contribution in [-0.2, 0) is 9.59 Å². The van der Waals surface area contributed by atoms with Crippen LogP contribution >= 0.6 is 23.2 Å². The minimum atomic E-state index is -0.455. The first-order valence-corrected chi connectivity index (χ1v) is 8.96. The first kappa shape index (κ1) is 21.5. The number of hydrogen-bond donors (Lipinski definition) is 2. The lowest BCUT2D eigenvalue weighted by Gasteiger charge is -2.08. The molecular formula is C19H19Cl2N3O4. The zero-order valence-electron chi connectivity index (χ0n) is 15.3. The molecule has 7 nitrogen and oxygen atoms in total. The fourth-order valence-electron chi connectivity index (χ4n) is 2.09. The highest BCUT2D eigenvalue weighted by Crippen LogP contribution is 2.25. The Morgan fingerprint density at radius 2 is 1.82 bits per heavy atom. The summed E-state index contributed by atoms with van der Waals surface area (Å²) in [6.45, 7) is 1.39. The molecule has 9 heteroatoms. The lowest BCUT2D eigenvalue weighted by molar-refractivity contribution is -0.123. The minimum Gasteiger partial charge on any atom is -0.497 e. The molecule has 0 aliphatic carbocycles. The van der Waals surface area contributed by atoms with Gasteiger partial charge >= 0.3 is 0 Å². The summed E-state index contributed by atoms with van der Waals surface area (Å²) in [6, 6.07) is 11.6. The van der Waals surface area contributed by atoms with E-state index in [1.165, 1.54) is 6.07 Å². The van der Waals surface area contributed by atoms with E-state index in [-0.39, 0.29) is 18.9 Å². The van der Waals surface area contributed by atoms with Crippen molar-refractivity contribution in [3.63, 3.8) is 0 Å². The number of benzene rings is 2. The van der Waals surface area contributed by atoms with E-state index in [0.717, 1.165) is 0 Å². The number of nitrogens with zero attached hydrogens (tertiary/aromatic N) is 1. The lowest BCUT2D eigenvalue weighted by atomic mass is 10.2. The minimum absolute atomic E-state index is 0.0179. The number of hydrogen-bond acceptors (Lipinski definition) is 5. The van der Waals surface area contributed by atoms with Crippen LogP contribution in [0.25, 0.3) is 0 Å². The van der Waals surface area contributed by atoms with Gasteiger partial charge in [0.2, 0.25) is 5.91 Å². The SMILES string of the molecule is COc1cccc(OCC(=O)N/N=C(/C)CC(=O)Nc2ccc(Cl)cc2Cl)c1. The molecule has 0 saturated heterocycles. The number of carbonyl (C=O) groups excluding carboxylic acids is 2. The number of methoxy groups -OCH3 is 1. The molecule has 0 atom stereocenters. The molecule has 0 aliphatic rings. The van der Waals surface area contributed by atoms with Gasteiger partial charge in [0.05, 0.1) is 24.2 Å². The van der Waals surface area contributed by atoms with Gasteiger partial charge < -0.3 is 14.8 Å². The second-order valence-electron chi connectivity index (χ2n) is 5.70. The fraction of sp³-hybridized carbons (Fsp3) is 0.211. The van der Waals surface area contributed by atoms with Gasteiger partial charge in [0.15, 0.2) is 6.61 Å². The summed E-state index contributed by atoms with van der Waals surface area (Å²) < 4.78 is 10.4. The second-order valence-corrected chi connectivity index (χ2v) is 6.54. The third kappa shape index (κ3) is 7.09. The van der Waals surface area contributed by atoms with Gasteiger partial charge in [0.1, 0.15) is 11.5 Å². The molecule has 0 unspecified atom stereocenters. The summed E-state index contributed by atoms with van der Waals surface area (Å²) in [4.78, 5) is 23.9. The topological polar surface area (TPSA) is 89.0 Å². The molecule has 0 radical (unpaired) electrons. The summed E-state index contributed by atoms with van der Waals surface area (Å²) in [6.07, 6.45) is -0.0179. The molecule has 2 aromatic rings. The number of anilines is 1. The molecule has 0 aromatic heterocycles. The average molecular weight is 424 g/mol. The van der Waals surface area contributed by atoms with Crippen LogP contribution in [-0.4, -0.2) is 31.2 Å². The summed E-state index contributed by atoms with van der Waals surface area (Å²) in [5.41, 5.74) is 3.20. The summed E-state index contributed by atoms with van der Waals surface area (Å²) in [7, 11) is 1.54. The van der Waals surface area contributed by atoms with E-state index in [4.69, 9.17) is 32.7 Å². The maximum atomic E-state index is 12.0. The molecule has 28 heavy (non-hydrogen) atoms. The van der Waals surface area contributed by atoms with Crippen LogP contribution in [0.4, 0.5) is 5.69 Å². The van der Waals surface area contributed by atoms with Crippen molar-refractivity contribution in [2.45, 2.75) is 13.3 Å². The van der Waals surface area contributed by atoms with E-state index in [9.17, 15) is 9.59 Å². The van der Waals surface area contributed by atoms with Gasteiger partial charge in [0, 0.05) is 16.8 Å². The standard InChI is InChI=1S/C19H19Cl2N3O4/c1-12(8-18(25)22-17-7-6-13(20)9-16(17)21)23-24-19(26)11-28-15-5-3-4-14(10-15)27-2/h3-7,9-10H,8,11H2,1-2H3,(H,22,25)(H,24,26)/b23-12-. The van der Waals surface area contributed by atoms with Gasteiger partial charge in [-0.15, -0.1) is 0 Å². The van der Waals surface area contributed by atoms with E-state index >= 15 is 0 Å². The van der Waals surface area contributed by atoms with Crippen molar-refractivity contribution in [1.29, 1.82) is 0 Å². The molecular weight excluding hydrogens is 405 g/mol. The molecule has 148 valence electrons. The van der Waals surface area contributed by atoms with E-state index in [2.05, 4.69) is 15.8 Å². The third-order valence-electron chi connectivity index (χ3n) is 3.40. The van der Waals surface area contributed by atoms with Gasteiger partial charge in [-0.2, -0.15) is 5.10 Å². The van der Waals surface area contributed by atoms with Crippen molar-refractivity contribution in [2.24, 2.45) is 5.10 Å². The van der Waals surface area contributed by atoms with Crippen LogP contribution in [0.2, 0.25) is 10.0 Å². The Kier molecular flexibility index (Phi) is 8.10. The van der Waals surface area contributed by atoms with Gasteiger partial charge in [-0.05, 0) is 37.3 Å². The Hall–Kier alpha value is -2.77. The molecule has 2 amide bonds. The van der Waals surface area contributed by atoms with Crippen LogP contribution in [0.3, 0.4) is 0 Å². The van der Waals surface area contributed by atoms with Crippen molar-refractivity contribution >= 4 is 46.4 Å². The Bertz CT molecular complexity index is 887. The van der Waals surface area contributed by atoms with Crippen LogP contribution < -0.4 is 20.2 Å². The molecule has 0 heterocycles. The number of hydrazone groups is 1. The normalized spacial score (nSPS) is 10.9. The van der Waals surface area contributed by atoms with E-state index in [1.807, 2.05) is 0 Å². The highest BCUT2D eigenvalue weighted by atomic mass is 35.5. The Morgan fingerprint density at radius 3 is 2.54 bits per heavy atom. The number of carbonyl (C=O) groups is 2. The lowest BCUT2D eigenvalue weighted by Crippen LogP contribution is -2.26. The van der Waals surface area contributed by atoms with Gasteiger partial charge in [-0.25, -0.2) is 5.43 Å². The Labute approximate surface area is 172 Å². The molecule has 2 rings (SSSR count). The van der Waals surface area contributed by atoms with E-state index in [1.54, 1.807) is 50.4 Å². The quantitative estimate of drug-likeness (QED) is 0.497. The summed E-state index contributed by atoms with van der Waals surface area (Å²) in [5, 5.41) is 7.34. The highest BCUT2D eigenvalue weighted by molar-refractivity contribution is 6.36. The average Bonchev–Trinajstić information content (AvgIpc) is 2.67. The van der Waals surface area contributed by atoms with Crippen LogP contribution in [0.15, 0.2) is 47.6 Å². The smallest absolute Gasteiger partial charge is 0.277 e. The zero-order chi connectivity index (χ0) is 20.5. The number of amides is 2. The first-order chi connectivity index (χ1) is 13.4. The molecule has 0 saturated carbocycles. The molecule has 0 bridgehead atoms. The second kappa shape index (κ2) is 10.5. The molecule has 0 fully saturated rings. The Balaban J connectivity index is 1.79. The fourth-order valence-corrected chi connectivity index (χ4v) is 2.54. The largest absolute Gasteiger partial charge is 0.497 e. The number of ether oxygens (including phenoxy) is 2. The third-order valence-corrected chi connectivity index (χ3v) is 3.95. The van der Waals surface area contributed by atoms with Crippen LogP contribution in [0.5, 0.6) is 11.5 Å². The van der Waals surface area contributed by atoms with Crippen molar-refractivity contribution < 1.29 is 19.1 Å². The summed E-state index contributed by atoms with van der Waals surface area (Å²) in [5.74, 6) is 0.337. The number of nitrogens with one attached hydrogen (secondary N) is 2. The highest BCUT2D eigenvalue weighted by Gasteiger charge is 2.09. The van der Waals surface area contributed by atoms with Crippen molar-refractivity contribution in [2.75, 3.05) is 19.0 Å². The molecule has 2 N–H and O–H groups in total. The number of halogens is 2. The van der Waals surface area contributed by atoms with Gasteiger partial charge in [0.25, 0.3) is 5.91 Å². The first-order valence-electron chi connectivity index (χ1n) is 8.21. The Morgan fingerprint density at radius 1 is 1.07 bits per heavy atom. The van der Waals surface area contributed by atoms with Crippen molar-refractivity contribution in [3.8, 4) is 11.5 Å². The molecule has 2 aromatic carbocycles. The van der Waals surface area contributed by atoms with Gasteiger partial charge in [-0.1, -0.05) is 29.3 Å². The maximum Gasteiger partial charge on any atom is 0.277 e. The number of rotatable bonds is 8. The summed E-state index contributed by atoms with van der Waals surface area (Å²) >= 11 is 11.8.